The third kappa shape index (κ3) is 3.79. The smallest absolute Gasteiger partial charge is 0.133 e. The van der Waals surface area contributed by atoms with Crippen LogP contribution >= 0.6 is 15.9 Å². The molecule has 0 spiro atoms. The van der Waals surface area contributed by atoms with Crippen LogP contribution in [0.1, 0.15) is 29.8 Å². The average Bonchev–Trinajstić information content (AvgIpc) is 2.36. The van der Waals surface area contributed by atoms with Gasteiger partial charge in [-0.25, -0.2) is 13.2 Å². The van der Waals surface area contributed by atoms with Gasteiger partial charge in [0.2, 0.25) is 0 Å². The summed E-state index contributed by atoms with van der Waals surface area (Å²) in [6.07, 6.45) is -0.00619. The molecule has 21 heavy (non-hydrogen) atoms. The van der Waals surface area contributed by atoms with Crippen LogP contribution in [0.2, 0.25) is 0 Å². The summed E-state index contributed by atoms with van der Waals surface area (Å²) >= 11 is 3.26. The van der Waals surface area contributed by atoms with Crippen molar-refractivity contribution in [1.29, 1.82) is 0 Å². The van der Waals surface area contributed by atoms with Crippen LogP contribution in [0.4, 0.5) is 13.2 Å². The number of ether oxygens (including phenoxy) is 1. The first-order valence-electron chi connectivity index (χ1n) is 6.43. The second-order valence-corrected chi connectivity index (χ2v) is 5.80. The quantitative estimate of drug-likeness (QED) is 0.667. The highest BCUT2D eigenvalue weighted by molar-refractivity contribution is 9.09. The van der Waals surface area contributed by atoms with Crippen molar-refractivity contribution < 1.29 is 17.9 Å². The van der Waals surface area contributed by atoms with E-state index in [9.17, 15) is 13.2 Å². The van der Waals surface area contributed by atoms with Crippen molar-refractivity contribution in [2.24, 2.45) is 0 Å². The lowest BCUT2D eigenvalue weighted by Crippen LogP contribution is -2.06. The van der Waals surface area contributed by atoms with Crippen molar-refractivity contribution in [3.8, 4) is 5.75 Å². The minimum Gasteiger partial charge on any atom is -0.491 e. The third-order valence-electron chi connectivity index (χ3n) is 2.82. The van der Waals surface area contributed by atoms with Crippen LogP contribution in [0, 0.1) is 17.5 Å². The summed E-state index contributed by atoms with van der Waals surface area (Å²) < 4.78 is 46.2. The van der Waals surface area contributed by atoms with Crippen LogP contribution in [0.5, 0.6) is 5.75 Å². The van der Waals surface area contributed by atoms with E-state index in [1.165, 1.54) is 0 Å². The molecule has 0 fully saturated rings. The molecule has 0 aromatic heterocycles. The van der Waals surface area contributed by atoms with Gasteiger partial charge in [-0.1, -0.05) is 28.1 Å². The first-order chi connectivity index (χ1) is 9.88. The maximum atomic E-state index is 13.8. The molecular weight excluding hydrogens is 345 g/mol. The summed E-state index contributed by atoms with van der Waals surface area (Å²) in [4.78, 5) is -0.728. The summed E-state index contributed by atoms with van der Waals surface area (Å²) in [5.74, 6) is -2.19. The molecular formula is C16H14BrF3O. The highest BCUT2D eigenvalue weighted by Crippen LogP contribution is 2.36. The molecule has 2 aromatic carbocycles. The number of hydrogen-bond acceptors (Lipinski definition) is 1. The minimum atomic E-state index is -0.939. The van der Waals surface area contributed by atoms with Crippen LogP contribution in [-0.4, -0.2) is 6.10 Å². The van der Waals surface area contributed by atoms with Crippen LogP contribution in [0.3, 0.4) is 0 Å². The van der Waals surface area contributed by atoms with E-state index < -0.39 is 22.3 Å². The van der Waals surface area contributed by atoms with Gasteiger partial charge in [0.25, 0.3) is 0 Å². The molecule has 0 saturated heterocycles. The molecule has 1 nitrogen and oxygen atoms in total. The van der Waals surface area contributed by atoms with Crippen LogP contribution < -0.4 is 4.74 Å². The van der Waals surface area contributed by atoms with Gasteiger partial charge in [0.05, 0.1) is 10.9 Å². The fourth-order valence-corrected chi connectivity index (χ4v) is 2.70. The van der Waals surface area contributed by atoms with Crippen LogP contribution in [-0.2, 0) is 0 Å². The van der Waals surface area contributed by atoms with Crippen molar-refractivity contribution >= 4 is 15.9 Å². The lowest BCUT2D eigenvalue weighted by Gasteiger charge is -2.15. The Morgan fingerprint density at radius 1 is 1.00 bits per heavy atom. The Morgan fingerprint density at radius 3 is 2.19 bits per heavy atom. The molecule has 0 saturated carbocycles. The van der Waals surface area contributed by atoms with E-state index in [-0.39, 0.29) is 11.7 Å². The molecule has 0 heterocycles. The van der Waals surface area contributed by atoms with Gasteiger partial charge in [-0.05, 0) is 31.5 Å². The Labute approximate surface area is 129 Å². The fraction of sp³-hybridized carbons (Fsp3) is 0.250. The maximum Gasteiger partial charge on any atom is 0.133 e. The Hall–Kier alpha value is -1.49. The molecule has 0 aliphatic carbocycles. The van der Waals surface area contributed by atoms with Crippen molar-refractivity contribution in [2.45, 2.75) is 24.8 Å². The summed E-state index contributed by atoms with van der Waals surface area (Å²) in [5, 5.41) is 0. The molecule has 2 aromatic rings. The normalized spacial score (nSPS) is 12.5. The zero-order valence-electron chi connectivity index (χ0n) is 11.5. The summed E-state index contributed by atoms with van der Waals surface area (Å²) in [5.41, 5.74) is 0.399. The average molecular weight is 359 g/mol. The molecule has 1 unspecified atom stereocenters. The van der Waals surface area contributed by atoms with E-state index in [4.69, 9.17) is 4.74 Å². The van der Waals surface area contributed by atoms with Gasteiger partial charge in [0.15, 0.2) is 0 Å². The molecule has 0 radical (unpaired) electrons. The zero-order valence-corrected chi connectivity index (χ0v) is 13.1. The van der Waals surface area contributed by atoms with E-state index in [1.54, 1.807) is 24.3 Å². The molecule has 0 aliphatic heterocycles. The summed E-state index contributed by atoms with van der Waals surface area (Å²) in [7, 11) is 0. The standard InChI is InChI=1S/C16H14BrF3O/c1-9(2)21-12-5-3-4-10(6-12)16(17)15-13(19)7-11(18)8-14(15)20/h3-9,16H,1-2H3. The van der Waals surface area contributed by atoms with Crippen molar-refractivity contribution in [1.82, 2.24) is 0 Å². The lowest BCUT2D eigenvalue weighted by atomic mass is 10.0. The predicted molar refractivity (Wildman–Crippen MR) is 79.3 cm³/mol. The van der Waals surface area contributed by atoms with Gasteiger partial charge in [-0.3, -0.25) is 0 Å². The number of benzene rings is 2. The monoisotopic (exact) mass is 358 g/mol. The first-order valence-corrected chi connectivity index (χ1v) is 7.35. The number of halogens is 4. The number of rotatable bonds is 4. The SMILES string of the molecule is CC(C)Oc1cccc(C(Br)c2c(F)cc(F)cc2F)c1. The lowest BCUT2D eigenvalue weighted by molar-refractivity contribution is 0.242. The van der Waals surface area contributed by atoms with Gasteiger partial charge >= 0.3 is 0 Å². The second kappa shape index (κ2) is 6.52. The van der Waals surface area contributed by atoms with E-state index in [1.807, 2.05) is 13.8 Å². The predicted octanol–water partition coefficient (Wildman–Crippen LogP) is 5.38. The van der Waals surface area contributed by atoms with Gasteiger partial charge in [0.1, 0.15) is 23.2 Å². The Morgan fingerprint density at radius 2 is 1.62 bits per heavy atom. The van der Waals surface area contributed by atoms with E-state index in [0.29, 0.717) is 23.4 Å². The number of alkyl halides is 1. The zero-order chi connectivity index (χ0) is 15.6. The molecule has 5 heteroatoms. The Balaban J connectivity index is 2.38. The molecule has 0 amide bonds. The highest BCUT2D eigenvalue weighted by atomic mass is 79.9. The van der Waals surface area contributed by atoms with E-state index in [2.05, 4.69) is 15.9 Å². The summed E-state index contributed by atoms with van der Waals surface area (Å²) in [6.45, 7) is 3.77. The molecule has 112 valence electrons. The van der Waals surface area contributed by atoms with Crippen LogP contribution in [0.15, 0.2) is 36.4 Å². The minimum absolute atomic E-state index is 0.00619. The maximum absolute atomic E-state index is 13.8. The molecule has 0 N–H and O–H groups in total. The fourth-order valence-electron chi connectivity index (χ4n) is 1.98. The molecule has 1 atom stereocenters. The Kier molecular flexibility index (Phi) is 4.93. The van der Waals surface area contributed by atoms with E-state index >= 15 is 0 Å². The van der Waals surface area contributed by atoms with Crippen LogP contribution in [0.25, 0.3) is 0 Å². The Bertz CT molecular complexity index is 620. The topological polar surface area (TPSA) is 9.23 Å². The highest BCUT2D eigenvalue weighted by Gasteiger charge is 2.21. The van der Waals surface area contributed by atoms with Crippen molar-refractivity contribution in [3.05, 3.63) is 65.0 Å². The largest absolute Gasteiger partial charge is 0.491 e. The second-order valence-electron chi connectivity index (χ2n) is 4.88. The molecule has 2 rings (SSSR count). The summed E-state index contributed by atoms with van der Waals surface area (Å²) in [6, 6.07) is 8.25. The van der Waals surface area contributed by atoms with Gasteiger partial charge < -0.3 is 4.74 Å². The van der Waals surface area contributed by atoms with Gasteiger partial charge in [-0.15, -0.1) is 0 Å². The van der Waals surface area contributed by atoms with Crippen molar-refractivity contribution in [2.75, 3.05) is 0 Å². The van der Waals surface area contributed by atoms with E-state index in [0.717, 1.165) is 0 Å². The third-order valence-corrected chi connectivity index (χ3v) is 3.81. The van der Waals surface area contributed by atoms with Gasteiger partial charge in [0, 0.05) is 17.7 Å². The number of hydrogen-bond donors (Lipinski definition) is 0. The van der Waals surface area contributed by atoms with Crippen molar-refractivity contribution in [3.63, 3.8) is 0 Å². The molecule has 0 aliphatic rings. The van der Waals surface area contributed by atoms with Gasteiger partial charge in [-0.2, -0.15) is 0 Å². The molecule has 0 bridgehead atoms. The first kappa shape index (κ1) is 15.9.